The fourth-order valence-electron chi connectivity index (χ4n) is 2.51. The van der Waals surface area contributed by atoms with Gasteiger partial charge in [-0.2, -0.15) is 48.2 Å². The highest BCUT2D eigenvalue weighted by Crippen LogP contribution is 2.37. The predicted molar refractivity (Wildman–Crippen MR) is 110 cm³/mol. The first-order chi connectivity index (χ1) is 15.3. The summed E-state index contributed by atoms with van der Waals surface area (Å²) in [5.41, 5.74) is -13.0. The van der Waals surface area contributed by atoms with Crippen molar-refractivity contribution in [3.8, 4) is 11.6 Å². The molecule has 1 aromatic rings. The summed E-state index contributed by atoms with van der Waals surface area (Å²) in [4.78, 5) is 3.59. The van der Waals surface area contributed by atoms with Crippen molar-refractivity contribution in [1.82, 2.24) is 4.98 Å². The van der Waals surface area contributed by atoms with Crippen LogP contribution in [0.5, 0.6) is 11.6 Å². The number of aromatic nitrogens is 1. The minimum absolute atomic E-state index is 0.130. The molecule has 0 spiro atoms. The molecule has 1 unspecified atom stereocenters. The van der Waals surface area contributed by atoms with Crippen molar-refractivity contribution in [1.29, 1.82) is 5.41 Å². The van der Waals surface area contributed by atoms with Gasteiger partial charge in [-0.1, -0.05) is 34.1 Å². The monoisotopic (exact) mass is 543 g/mol. The second-order valence-corrected chi connectivity index (χ2v) is 10.3. The Labute approximate surface area is 192 Å². The molecule has 0 amide bonds. The van der Waals surface area contributed by atoms with Crippen LogP contribution in [0.2, 0.25) is 0 Å². The van der Waals surface area contributed by atoms with Gasteiger partial charge in [0.15, 0.2) is 5.75 Å². The molecule has 196 valence electrons. The third-order valence-corrected chi connectivity index (χ3v) is 6.16. The first-order valence-electron chi connectivity index (χ1n) is 9.69. The van der Waals surface area contributed by atoms with Crippen molar-refractivity contribution in [3.05, 3.63) is 11.6 Å². The number of alkyl halides is 6. The van der Waals surface area contributed by atoms with E-state index >= 15 is 0 Å². The number of anilines is 1. The van der Waals surface area contributed by atoms with Gasteiger partial charge in [0.2, 0.25) is 5.88 Å². The molecule has 34 heavy (non-hydrogen) atoms. The molecule has 0 saturated heterocycles. The Hall–Kier alpha value is -2.30. The molecule has 0 aromatic carbocycles. The Kier molecular flexibility index (Phi) is 9.21. The molecule has 1 heterocycles. The maximum atomic E-state index is 12.9. The van der Waals surface area contributed by atoms with Crippen LogP contribution < -0.4 is 13.7 Å². The van der Waals surface area contributed by atoms with Gasteiger partial charge < -0.3 is 19.1 Å². The molecular weight excluding hydrogens is 520 g/mol. The predicted octanol–water partition coefficient (Wildman–Crippen LogP) is 4.55. The number of halogens is 6. The zero-order chi connectivity index (χ0) is 26.7. The number of nitrogens with one attached hydrogen (secondary N) is 2. The minimum Gasteiger partial charge on any atom is -0.375 e. The maximum Gasteiger partial charge on any atom is 0.534 e. The van der Waals surface area contributed by atoms with Gasteiger partial charge in [-0.15, -0.1) is 0 Å². The van der Waals surface area contributed by atoms with Gasteiger partial charge in [0.1, 0.15) is 5.82 Å². The summed E-state index contributed by atoms with van der Waals surface area (Å²) >= 11 is 0. The highest BCUT2D eigenvalue weighted by molar-refractivity contribution is 7.88. The van der Waals surface area contributed by atoms with E-state index in [-0.39, 0.29) is 6.07 Å². The highest BCUT2D eigenvalue weighted by Gasteiger charge is 2.50. The molecule has 1 aromatic heterocycles. The van der Waals surface area contributed by atoms with E-state index in [9.17, 15) is 43.2 Å². The molecule has 1 atom stereocenters. The summed E-state index contributed by atoms with van der Waals surface area (Å²) < 4.78 is 131. The largest absolute Gasteiger partial charge is 0.534 e. The van der Waals surface area contributed by atoms with Crippen LogP contribution >= 0.6 is 0 Å². The van der Waals surface area contributed by atoms with E-state index in [1.807, 2.05) is 0 Å². The SMILES string of the molecule is CCCC(CC)Nc1nc(OS(=O)(=O)C(F)(F)F)cc(OS(=O)(=O)C(F)(F)F)c1C(=N)C(C)C. The second kappa shape index (κ2) is 10.5. The number of hydrogen-bond acceptors (Lipinski definition) is 9. The van der Waals surface area contributed by atoms with E-state index < -0.39 is 71.9 Å². The molecule has 0 aliphatic rings. The van der Waals surface area contributed by atoms with Crippen molar-refractivity contribution in [2.45, 2.75) is 64.0 Å². The highest BCUT2D eigenvalue weighted by atomic mass is 32.2. The summed E-state index contributed by atoms with van der Waals surface area (Å²) in [6.45, 7) is 6.33. The quantitative estimate of drug-likeness (QED) is 0.180. The average molecular weight is 544 g/mol. The summed E-state index contributed by atoms with van der Waals surface area (Å²) in [6, 6.07) is -0.345. The van der Waals surface area contributed by atoms with Crippen LogP contribution in [0.3, 0.4) is 0 Å². The van der Waals surface area contributed by atoms with Gasteiger partial charge in [0.25, 0.3) is 0 Å². The standard InChI is InChI=1S/C17H23F6N3O6S2/c1-5-7-10(6-2)25-15-13(14(24)9(3)4)11(31-33(27,28)16(18,19)20)8-12(26-15)32-34(29,30)17(21,22)23/h8-10,24H,5-7H2,1-4H3,(H,25,26). The molecule has 17 heteroatoms. The molecule has 0 radical (unpaired) electrons. The number of hydrogen-bond donors (Lipinski definition) is 2. The normalized spacial score (nSPS) is 14.1. The topological polar surface area (TPSA) is 136 Å². The Bertz CT molecular complexity index is 1100. The van der Waals surface area contributed by atoms with Crippen LogP contribution in [0, 0.1) is 11.3 Å². The summed E-state index contributed by atoms with van der Waals surface area (Å²) in [6.07, 6.45) is 1.41. The number of nitrogens with zero attached hydrogens (tertiary/aromatic N) is 1. The number of pyridine rings is 1. The zero-order valence-corrected chi connectivity index (χ0v) is 20.0. The lowest BCUT2D eigenvalue weighted by atomic mass is 9.99. The van der Waals surface area contributed by atoms with Gasteiger partial charge in [0.05, 0.1) is 5.56 Å². The van der Waals surface area contributed by atoms with Crippen LogP contribution in [-0.2, 0) is 20.2 Å². The second-order valence-electron chi connectivity index (χ2n) is 7.26. The maximum absolute atomic E-state index is 12.9. The third kappa shape index (κ3) is 7.10. The van der Waals surface area contributed by atoms with Crippen LogP contribution in [0.25, 0.3) is 0 Å². The first-order valence-corrected chi connectivity index (χ1v) is 12.5. The van der Waals surface area contributed by atoms with Crippen molar-refractivity contribution in [2.24, 2.45) is 5.92 Å². The van der Waals surface area contributed by atoms with E-state index in [4.69, 9.17) is 5.41 Å². The van der Waals surface area contributed by atoms with Gasteiger partial charge in [-0.3, -0.25) is 0 Å². The Morgan fingerprint density at radius 3 is 1.94 bits per heavy atom. The molecular formula is C17H23F6N3O6S2. The molecule has 0 fully saturated rings. The molecule has 0 aliphatic heterocycles. The van der Waals surface area contributed by atoms with Gasteiger partial charge >= 0.3 is 31.3 Å². The molecule has 0 bridgehead atoms. The summed E-state index contributed by atoms with van der Waals surface area (Å²) in [7, 11) is -12.7. The minimum atomic E-state index is -6.36. The third-order valence-electron chi connectivity index (χ3n) is 4.24. The lowest BCUT2D eigenvalue weighted by Gasteiger charge is -2.23. The molecule has 0 aliphatic carbocycles. The van der Waals surface area contributed by atoms with Crippen LogP contribution in [-0.4, -0.2) is 44.6 Å². The fraction of sp³-hybridized carbons (Fsp3) is 0.647. The summed E-state index contributed by atoms with van der Waals surface area (Å²) in [5.74, 6) is -4.03. The van der Waals surface area contributed by atoms with E-state index in [0.717, 1.165) is 0 Å². The zero-order valence-electron chi connectivity index (χ0n) is 18.3. The fourth-order valence-corrected chi connectivity index (χ4v) is 3.37. The lowest BCUT2D eigenvalue weighted by molar-refractivity contribution is -0.0503. The Balaban J connectivity index is 3.90. The van der Waals surface area contributed by atoms with Crippen molar-refractivity contribution in [2.75, 3.05) is 5.32 Å². The van der Waals surface area contributed by atoms with Crippen LogP contribution in [0.1, 0.15) is 52.5 Å². The van der Waals surface area contributed by atoms with E-state index in [2.05, 4.69) is 18.7 Å². The Morgan fingerprint density at radius 2 is 1.53 bits per heavy atom. The van der Waals surface area contributed by atoms with Crippen LogP contribution in [0.15, 0.2) is 6.07 Å². The molecule has 1 rings (SSSR count). The number of rotatable bonds is 11. The van der Waals surface area contributed by atoms with E-state index in [1.54, 1.807) is 13.8 Å². The molecule has 9 nitrogen and oxygen atoms in total. The Morgan fingerprint density at radius 1 is 1.03 bits per heavy atom. The summed E-state index contributed by atoms with van der Waals surface area (Å²) in [5, 5.41) is 10.9. The lowest BCUT2D eigenvalue weighted by Crippen LogP contribution is -2.30. The van der Waals surface area contributed by atoms with E-state index in [1.165, 1.54) is 13.8 Å². The molecule has 0 saturated carbocycles. The van der Waals surface area contributed by atoms with Crippen molar-refractivity contribution in [3.63, 3.8) is 0 Å². The molecule has 2 N–H and O–H groups in total. The van der Waals surface area contributed by atoms with Crippen molar-refractivity contribution >= 4 is 31.8 Å². The van der Waals surface area contributed by atoms with E-state index in [0.29, 0.717) is 19.3 Å². The van der Waals surface area contributed by atoms with Gasteiger partial charge in [-0.05, 0) is 18.8 Å². The van der Waals surface area contributed by atoms with Crippen molar-refractivity contribution < 1.29 is 51.5 Å². The first kappa shape index (κ1) is 29.7. The van der Waals surface area contributed by atoms with Crippen LogP contribution in [0.4, 0.5) is 32.2 Å². The van der Waals surface area contributed by atoms with Gasteiger partial charge in [0, 0.05) is 17.8 Å². The average Bonchev–Trinajstić information content (AvgIpc) is 2.64. The van der Waals surface area contributed by atoms with Gasteiger partial charge in [-0.25, -0.2) is 0 Å². The smallest absolute Gasteiger partial charge is 0.375 e.